The predicted octanol–water partition coefficient (Wildman–Crippen LogP) is 1.99. The van der Waals surface area contributed by atoms with Gasteiger partial charge in [-0.2, -0.15) is 5.26 Å². The molecule has 1 saturated heterocycles. The summed E-state index contributed by atoms with van der Waals surface area (Å²) in [5.41, 5.74) is 1.68. The van der Waals surface area contributed by atoms with Gasteiger partial charge in [0.15, 0.2) is 0 Å². The molecular formula is C13H14BrN3O. The van der Waals surface area contributed by atoms with Gasteiger partial charge in [0.05, 0.1) is 11.6 Å². The molecule has 1 amide bonds. The van der Waals surface area contributed by atoms with Crippen LogP contribution in [0.15, 0.2) is 22.7 Å². The molecule has 1 aromatic carbocycles. The Morgan fingerprint density at radius 1 is 1.28 bits per heavy atom. The first-order chi connectivity index (χ1) is 8.60. The zero-order chi connectivity index (χ0) is 13.1. The van der Waals surface area contributed by atoms with Gasteiger partial charge in [0, 0.05) is 43.3 Å². The van der Waals surface area contributed by atoms with Crippen LogP contribution in [-0.4, -0.2) is 37.0 Å². The van der Waals surface area contributed by atoms with E-state index in [0.29, 0.717) is 5.56 Å². The molecule has 94 valence electrons. The fourth-order valence-electron chi connectivity index (χ4n) is 2.10. The number of piperazine rings is 1. The fourth-order valence-corrected chi connectivity index (χ4v) is 2.58. The van der Waals surface area contributed by atoms with Gasteiger partial charge in [0.2, 0.25) is 5.91 Å². The highest BCUT2D eigenvalue weighted by molar-refractivity contribution is 9.10. The molecule has 0 aromatic heterocycles. The number of amides is 1. The molecule has 1 heterocycles. The van der Waals surface area contributed by atoms with Crippen LogP contribution in [0.25, 0.3) is 0 Å². The highest BCUT2D eigenvalue weighted by Gasteiger charge is 2.19. The summed E-state index contributed by atoms with van der Waals surface area (Å²) < 4.78 is 0.908. The van der Waals surface area contributed by atoms with Crippen molar-refractivity contribution in [2.45, 2.75) is 6.92 Å². The largest absolute Gasteiger partial charge is 0.368 e. The standard InChI is InChI=1S/C13H14BrN3O/c1-10(18)16-2-4-17(5-3-16)13-7-11(9-15)6-12(14)8-13/h6-8H,2-5H2,1H3. The molecule has 0 aliphatic carbocycles. The number of carbonyl (C=O) groups is 1. The van der Waals surface area contributed by atoms with Gasteiger partial charge in [0.1, 0.15) is 0 Å². The molecule has 1 aliphatic heterocycles. The Kier molecular flexibility index (Phi) is 3.87. The van der Waals surface area contributed by atoms with Crippen molar-refractivity contribution in [3.63, 3.8) is 0 Å². The lowest BCUT2D eigenvalue weighted by atomic mass is 10.2. The van der Waals surface area contributed by atoms with Crippen molar-refractivity contribution in [1.82, 2.24) is 4.90 Å². The molecule has 0 radical (unpaired) electrons. The minimum absolute atomic E-state index is 0.126. The number of nitrogens with zero attached hydrogens (tertiary/aromatic N) is 3. The van der Waals surface area contributed by atoms with Crippen molar-refractivity contribution in [1.29, 1.82) is 5.26 Å². The number of halogens is 1. The molecule has 0 unspecified atom stereocenters. The predicted molar refractivity (Wildman–Crippen MR) is 73.3 cm³/mol. The molecule has 4 nitrogen and oxygen atoms in total. The number of nitriles is 1. The van der Waals surface area contributed by atoms with Crippen molar-refractivity contribution < 1.29 is 4.79 Å². The van der Waals surface area contributed by atoms with E-state index in [1.54, 1.807) is 13.0 Å². The quantitative estimate of drug-likeness (QED) is 0.797. The van der Waals surface area contributed by atoms with Crippen LogP contribution in [0.1, 0.15) is 12.5 Å². The Bertz CT molecular complexity index is 501. The van der Waals surface area contributed by atoms with Gasteiger partial charge in [-0.25, -0.2) is 0 Å². The summed E-state index contributed by atoms with van der Waals surface area (Å²) in [6.07, 6.45) is 0. The van der Waals surface area contributed by atoms with Crippen LogP contribution in [0, 0.1) is 11.3 Å². The van der Waals surface area contributed by atoms with Crippen molar-refractivity contribution in [2.75, 3.05) is 31.1 Å². The lowest BCUT2D eigenvalue weighted by Crippen LogP contribution is -2.48. The molecule has 0 bridgehead atoms. The number of benzene rings is 1. The number of hydrogen-bond acceptors (Lipinski definition) is 3. The minimum atomic E-state index is 0.126. The summed E-state index contributed by atoms with van der Waals surface area (Å²) in [5.74, 6) is 0.126. The first-order valence-corrected chi connectivity index (χ1v) is 6.60. The third-order valence-electron chi connectivity index (χ3n) is 3.10. The molecule has 1 aliphatic rings. The summed E-state index contributed by atoms with van der Waals surface area (Å²) >= 11 is 3.41. The molecule has 0 saturated carbocycles. The molecule has 0 spiro atoms. The Balaban J connectivity index is 2.12. The zero-order valence-electron chi connectivity index (χ0n) is 10.2. The second-order valence-corrected chi connectivity index (χ2v) is 5.22. The van der Waals surface area contributed by atoms with Crippen molar-refractivity contribution in [3.05, 3.63) is 28.2 Å². The van der Waals surface area contributed by atoms with E-state index in [1.165, 1.54) is 0 Å². The molecule has 0 atom stereocenters. The monoisotopic (exact) mass is 307 g/mol. The molecule has 2 rings (SSSR count). The average Bonchev–Trinajstić information content (AvgIpc) is 2.38. The van der Waals surface area contributed by atoms with Crippen LogP contribution in [0.4, 0.5) is 5.69 Å². The second-order valence-electron chi connectivity index (χ2n) is 4.30. The first kappa shape index (κ1) is 12.9. The van der Waals surface area contributed by atoms with E-state index in [9.17, 15) is 4.79 Å². The van der Waals surface area contributed by atoms with Crippen LogP contribution >= 0.6 is 15.9 Å². The highest BCUT2D eigenvalue weighted by atomic mass is 79.9. The molecule has 1 aromatic rings. The maximum Gasteiger partial charge on any atom is 0.219 e. The number of carbonyl (C=O) groups excluding carboxylic acids is 1. The van der Waals surface area contributed by atoms with E-state index in [-0.39, 0.29) is 5.91 Å². The van der Waals surface area contributed by atoms with Crippen molar-refractivity contribution in [2.24, 2.45) is 0 Å². The summed E-state index contributed by atoms with van der Waals surface area (Å²) in [7, 11) is 0. The molecule has 1 fully saturated rings. The van der Waals surface area contributed by atoms with E-state index in [1.807, 2.05) is 17.0 Å². The third-order valence-corrected chi connectivity index (χ3v) is 3.56. The summed E-state index contributed by atoms with van der Waals surface area (Å²) in [6.45, 7) is 4.69. The molecule has 5 heteroatoms. The molecule has 18 heavy (non-hydrogen) atoms. The molecular weight excluding hydrogens is 294 g/mol. The van der Waals surface area contributed by atoms with Gasteiger partial charge >= 0.3 is 0 Å². The van der Waals surface area contributed by atoms with E-state index in [0.717, 1.165) is 36.3 Å². The normalized spacial score (nSPS) is 15.4. The van der Waals surface area contributed by atoms with Crippen molar-refractivity contribution in [3.8, 4) is 6.07 Å². The second kappa shape index (κ2) is 5.40. The van der Waals surface area contributed by atoms with Gasteiger partial charge in [0.25, 0.3) is 0 Å². The van der Waals surface area contributed by atoms with Crippen LogP contribution in [0.5, 0.6) is 0 Å². The van der Waals surface area contributed by atoms with Crippen LogP contribution in [-0.2, 0) is 4.79 Å². The van der Waals surface area contributed by atoms with E-state index < -0.39 is 0 Å². The maximum absolute atomic E-state index is 11.3. The average molecular weight is 308 g/mol. The van der Waals surface area contributed by atoms with Crippen LogP contribution in [0.2, 0.25) is 0 Å². The van der Waals surface area contributed by atoms with Crippen LogP contribution in [0.3, 0.4) is 0 Å². The summed E-state index contributed by atoms with van der Waals surface area (Å²) in [6, 6.07) is 7.84. The van der Waals surface area contributed by atoms with E-state index in [4.69, 9.17) is 5.26 Å². The number of hydrogen-bond donors (Lipinski definition) is 0. The van der Waals surface area contributed by atoms with Gasteiger partial charge < -0.3 is 9.80 Å². The number of anilines is 1. The smallest absolute Gasteiger partial charge is 0.219 e. The fraction of sp³-hybridized carbons (Fsp3) is 0.385. The Morgan fingerprint density at radius 2 is 1.94 bits per heavy atom. The van der Waals surface area contributed by atoms with Gasteiger partial charge in [-0.15, -0.1) is 0 Å². The zero-order valence-corrected chi connectivity index (χ0v) is 11.8. The Hall–Kier alpha value is -1.54. The van der Waals surface area contributed by atoms with E-state index in [2.05, 4.69) is 26.9 Å². The highest BCUT2D eigenvalue weighted by Crippen LogP contribution is 2.23. The topological polar surface area (TPSA) is 47.3 Å². The summed E-state index contributed by atoms with van der Waals surface area (Å²) in [5, 5.41) is 8.96. The lowest BCUT2D eigenvalue weighted by molar-refractivity contribution is -0.129. The van der Waals surface area contributed by atoms with E-state index >= 15 is 0 Å². The van der Waals surface area contributed by atoms with Gasteiger partial charge in [-0.05, 0) is 18.2 Å². The number of rotatable bonds is 1. The first-order valence-electron chi connectivity index (χ1n) is 5.81. The molecule has 0 N–H and O–H groups in total. The third kappa shape index (κ3) is 2.82. The Morgan fingerprint density at radius 3 is 2.50 bits per heavy atom. The van der Waals surface area contributed by atoms with Gasteiger partial charge in [-0.1, -0.05) is 15.9 Å². The Labute approximate surface area is 115 Å². The maximum atomic E-state index is 11.3. The minimum Gasteiger partial charge on any atom is -0.368 e. The lowest BCUT2D eigenvalue weighted by Gasteiger charge is -2.35. The summed E-state index contributed by atoms with van der Waals surface area (Å²) in [4.78, 5) is 15.3. The van der Waals surface area contributed by atoms with Crippen LogP contribution < -0.4 is 4.90 Å². The van der Waals surface area contributed by atoms with Crippen molar-refractivity contribution >= 4 is 27.5 Å². The SMILES string of the molecule is CC(=O)N1CCN(c2cc(Br)cc(C#N)c2)CC1. The van der Waals surface area contributed by atoms with Gasteiger partial charge in [-0.3, -0.25) is 4.79 Å².